The van der Waals surface area contributed by atoms with Crippen LogP contribution in [0.15, 0.2) is 48.8 Å². The lowest BCUT2D eigenvalue weighted by molar-refractivity contribution is -0.904. The molecule has 4 heterocycles. The van der Waals surface area contributed by atoms with Crippen LogP contribution in [-0.2, 0) is 11.3 Å². The van der Waals surface area contributed by atoms with Gasteiger partial charge in [0.25, 0.3) is 5.92 Å². The molecule has 0 spiro atoms. The standard InChI is InChI=1S/C25H25F4N5O2/c1-15(32-9-5-25(28,29)21(14-32)16-2-6-33(36)7-3-16)24(35)30-23-13-22-20(4-8-34(22)31-23)17-10-18(26)12-19(27)11-17/h2-3,6-7,10-13,15,20-21H,4-5,8-9,14H2,1H3,(H-,30,31,35,36)/p+1/t15-,20?,21+/m0/s1. The third-order valence-electron chi connectivity index (χ3n) is 7.16. The maximum atomic E-state index is 14.7. The summed E-state index contributed by atoms with van der Waals surface area (Å²) < 4.78 is 59.3. The number of benzene rings is 1. The highest BCUT2D eigenvalue weighted by atomic mass is 19.3. The number of piperidine rings is 1. The number of carbonyl (C=O) groups is 1. The molecule has 3 atom stereocenters. The van der Waals surface area contributed by atoms with Gasteiger partial charge in [0, 0.05) is 66.7 Å². The molecule has 0 radical (unpaired) electrons. The van der Waals surface area contributed by atoms with Gasteiger partial charge >= 0.3 is 0 Å². The molecular weight excluding hydrogens is 478 g/mol. The Morgan fingerprint density at radius 2 is 1.83 bits per heavy atom. The number of likely N-dealkylation sites (tertiary alicyclic amines) is 1. The lowest BCUT2D eigenvalue weighted by atomic mass is 9.87. The largest absolute Gasteiger partial charge is 0.308 e. The normalized spacial score (nSPS) is 22.2. The van der Waals surface area contributed by atoms with Gasteiger partial charge in [-0.2, -0.15) is 5.10 Å². The highest BCUT2D eigenvalue weighted by molar-refractivity contribution is 5.93. The molecule has 0 saturated carbocycles. The fourth-order valence-electron chi connectivity index (χ4n) is 5.15. The number of alkyl halides is 2. The van der Waals surface area contributed by atoms with Crippen LogP contribution >= 0.6 is 0 Å². The number of hydrogen-bond donors (Lipinski definition) is 2. The minimum Gasteiger partial charge on any atom is -0.308 e. The van der Waals surface area contributed by atoms with Crippen LogP contribution < -0.4 is 10.0 Å². The first kappa shape index (κ1) is 24.2. The van der Waals surface area contributed by atoms with Gasteiger partial charge in [-0.05, 0) is 36.6 Å². The Kier molecular flexibility index (Phi) is 6.19. The second-order valence-electron chi connectivity index (χ2n) is 9.46. The van der Waals surface area contributed by atoms with Gasteiger partial charge in [0.15, 0.2) is 5.82 Å². The Morgan fingerprint density at radius 1 is 1.14 bits per heavy atom. The molecule has 11 heteroatoms. The quantitative estimate of drug-likeness (QED) is 0.316. The first-order chi connectivity index (χ1) is 17.1. The van der Waals surface area contributed by atoms with Crippen molar-refractivity contribution in [3.8, 4) is 0 Å². The predicted octanol–water partition coefficient (Wildman–Crippen LogP) is 3.67. The number of nitrogens with zero attached hydrogens (tertiary/aromatic N) is 4. The van der Waals surface area contributed by atoms with E-state index in [9.17, 15) is 27.6 Å². The molecule has 0 bridgehead atoms. The Hall–Kier alpha value is -3.47. The molecule has 5 rings (SSSR count). The first-order valence-corrected chi connectivity index (χ1v) is 11.8. The topological polar surface area (TPSA) is 74.3 Å². The molecule has 2 aliphatic rings. The number of aromatic nitrogens is 3. The molecule has 36 heavy (non-hydrogen) atoms. The van der Waals surface area contributed by atoms with E-state index in [4.69, 9.17) is 0 Å². The zero-order valence-corrected chi connectivity index (χ0v) is 19.5. The van der Waals surface area contributed by atoms with E-state index in [1.54, 1.807) is 22.6 Å². The van der Waals surface area contributed by atoms with Crippen molar-refractivity contribution in [2.45, 2.75) is 50.1 Å². The van der Waals surface area contributed by atoms with Gasteiger partial charge in [-0.1, -0.05) is 0 Å². The fraction of sp³-hybridized carbons (Fsp3) is 0.400. The molecule has 2 N–H and O–H groups in total. The van der Waals surface area contributed by atoms with E-state index in [0.717, 1.165) is 16.5 Å². The third-order valence-corrected chi connectivity index (χ3v) is 7.16. The van der Waals surface area contributed by atoms with Gasteiger partial charge in [-0.3, -0.25) is 19.6 Å². The lowest BCUT2D eigenvalue weighted by Crippen LogP contribution is -2.52. The van der Waals surface area contributed by atoms with E-state index in [1.165, 1.54) is 36.7 Å². The number of nitrogens with one attached hydrogen (secondary N) is 1. The van der Waals surface area contributed by atoms with Crippen LogP contribution in [0.3, 0.4) is 0 Å². The van der Waals surface area contributed by atoms with Gasteiger partial charge in [-0.15, -0.1) is 0 Å². The maximum absolute atomic E-state index is 14.7. The number of hydrogen-bond acceptors (Lipinski definition) is 4. The molecule has 190 valence electrons. The summed E-state index contributed by atoms with van der Waals surface area (Å²) in [6, 6.07) is 7.30. The maximum Gasteiger partial charge on any atom is 0.257 e. The Balaban J connectivity index is 1.28. The molecule has 2 aromatic heterocycles. The first-order valence-electron chi connectivity index (χ1n) is 11.8. The molecule has 0 aliphatic carbocycles. The van der Waals surface area contributed by atoms with Crippen molar-refractivity contribution in [2.75, 3.05) is 18.4 Å². The van der Waals surface area contributed by atoms with Gasteiger partial charge < -0.3 is 5.32 Å². The monoisotopic (exact) mass is 504 g/mol. The van der Waals surface area contributed by atoms with Gasteiger partial charge in [0.1, 0.15) is 11.6 Å². The number of fused-ring (bicyclic) bond motifs is 1. The third kappa shape index (κ3) is 4.67. The molecule has 1 aromatic carbocycles. The van der Waals surface area contributed by atoms with Crippen LogP contribution in [0.25, 0.3) is 0 Å². The summed E-state index contributed by atoms with van der Waals surface area (Å²) >= 11 is 0. The second-order valence-corrected chi connectivity index (χ2v) is 9.46. The number of rotatable bonds is 5. The number of pyridine rings is 1. The summed E-state index contributed by atoms with van der Waals surface area (Å²) in [5.74, 6) is -5.69. The van der Waals surface area contributed by atoms with Crippen LogP contribution in [0.5, 0.6) is 0 Å². The summed E-state index contributed by atoms with van der Waals surface area (Å²) in [6.45, 7) is 2.23. The average Bonchev–Trinajstić information content (AvgIpc) is 3.39. The Labute approximate surface area is 204 Å². The van der Waals surface area contributed by atoms with Gasteiger partial charge in [0.2, 0.25) is 18.3 Å². The number of aryl methyl sites for hydroxylation is 1. The molecule has 1 unspecified atom stereocenters. The van der Waals surface area contributed by atoms with Crippen molar-refractivity contribution in [3.63, 3.8) is 0 Å². The van der Waals surface area contributed by atoms with Crippen molar-refractivity contribution >= 4 is 11.7 Å². The van der Waals surface area contributed by atoms with E-state index >= 15 is 0 Å². The fourth-order valence-corrected chi connectivity index (χ4v) is 5.15. The van der Waals surface area contributed by atoms with Crippen molar-refractivity contribution in [2.24, 2.45) is 0 Å². The molecule has 2 aliphatic heterocycles. The molecule has 7 nitrogen and oxygen atoms in total. The van der Waals surface area contributed by atoms with Crippen LogP contribution in [0.1, 0.15) is 48.4 Å². The van der Waals surface area contributed by atoms with Crippen LogP contribution in [0.2, 0.25) is 0 Å². The van der Waals surface area contributed by atoms with Crippen molar-refractivity contribution in [1.29, 1.82) is 0 Å². The molecule has 1 amide bonds. The summed E-state index contributed by atoms with van der Waals surface area (Å²) in [5, 5.41) is 16.6. The van der Waals surface area contributed by atoms with Crippen LogP contribution in [0.4, 0.5) is 23.4 Å². The SMILES string of the molecule is C[C@@H](C(=O)Nc1cc2n(n1)CCC2c1cc(F)cc(F)c1)N1CCC(F)(F)[C@@H](c2cc[n+](O)cc2)C1. The minimum absolute atomic E-state index is 0.0239. The summed E-state index contributed by atoms with van der Waals surface area (Å²) in [4.78, 5) is 14.7. The van der Waals surface area contributed by atoms with E-state index in [-0.39, 0.29) is 24.9 Å². The zero-order chi connectivity index (χ0) is 25.6. The minimum atomic E-state index is -2.94. The lowest BCUT2D eigenvalue weighted by Gasteiger charge is -2.40. The highest BCUT2D eigenvalue weighted by Crippen LogP contribution is 2.41. The summed E-state index contributed by atoms with van der Waals surface area (Å²) in [5.41, 5.74) is 1.63. The van der Waals surface area contributed by atoms with Crippen LogP contribution in [0, 0.1) is 11.6 Å². The smallest absolute Gasteiger partial charge is 0.257 e. The Morgan fingerprint density at radius 3 is 2.53 bits per heavy atom. The van der Waals surface area contributed by atoms with E-state index in [0.29, 0.717) is 29.9 Å². The number of carbonyl (C=O) groups excluding carboxylic acids is 1. The van der Waals surface area contributed by atoms with Gasteiger partial charge in [0.05, 0.1) is 12.0 Å². The summed E-state index contributed by atoms with van der Waals surface area (Å²) in [7, 11) is 0. The molecule has 3 aromatic rings. The molecular formula is C25H26F4N5O2+. The molecule has 1 saturated heterocycles. The zero-order valence-electron chi connectivity index (χ0n) is 19.5. The number of halogens is 4. The summed E-state index contributed by atoms with van der Waals surface area (Å²) in [6.07, 6.45) is 2.83. The van der Waals surface area contributed by atoms with E-state index in [2.05, 4.69) is 10.4 Å². The molecule has 1 fully saturated rings. The van der Waals surface area contributed by atoms with Crippen LogP contribution in [-0.4, -0.2) is 50.8 Å². The van der Waals surface area contributed by atoms with E-state index in [1.807, 2.05) is 0 Å². The average molecular weight is 505 g/mol. The van der Waals surface area contributed by atoms with E-state index < -0.39 is 35.9 Å². The Bertz CT molecular complexity index is 1260. The highest BCUT2D eigenvalue weighted by Gasteiger charge is 2.46. The van der Waals surface area contributed by atoms with Crippen molar-refractivity contribution < 1.29 is 32.3 Å². The second kappa shape index (κ2) is 9.20. The van der Waals surface area contributed by atoms with Crippen molar-refractivity contribution in [3.05, 3.63) is 77.2 Å². The number of anilines is 1. The van der Waals surface area contributed by atoms with Crippen molar-refractivity contribution in [1.82, 2.24) is 14.7 Å². The number of amides is 1. The van der Waals surface area contributed by atoms with Gasteiger partial charge in [-0.25, -0.2) is 17.6 Å². The predicted molar refractivity (Wildman–Crippen MR) is 121 cm³/mol.